The highest BCUT2D eigenvalue weighted by molar-refractivity contribution is 5.96. The van der Waals surface area contributed by atoms with Gasteiger partial charge < -0.3 is 16.2 Å². The van der Waals surface area contributed by atoms with Gasteiger partial charge in [0.05, 0.1) is 32.7 Å². The Hall–Kier alpha value is -4.28. The minimum absolute atomic E-state index is 0.186. The molecule has 0 saturated carbocycles. The number of benzene rings is 1. The average molecular weight is 432 g/mol. The molecule has 1 amide bonds. The molecule has 0 atom stereocenters. The van der Waals surface area contributed by atoms with Crippen molar-refractivity contribution < 1.29 is 27.6 Å². The van der Waals surface area contributed by atoms with Crippen molar-refractivity contribution in [2.45, 2.75) is 6.54 Å². The highest BCUT2D eigenvalue weighted by atomic mass is 19.1. The number of aromatic nitrogens is 5. The number of rotatable bonds is 4. The van der Waals surface area contributed by atoms with Gasteiger partial charge in [0.2, 0.25) is 0 Å². The van der Waals surface area contributed by atoms with E-state index in [1.807, 2.05) is 0 Å². The minimum atomic E-state index is -3.07. The third-order valence-corrected chi connectivity index (χ3v) is 4.20. The number of methoxy groups -OCH3 is 1. The number of hydrogen-bond donors (Lipinski definition) is 2. The molecular weight excluding hydrogens is 403 g/mol. The standard InChI is InChI=1S/C20H19FN8O2/c1-28(20(30)31-2)15-16(22)25-18(26-17(15)23)14-12-7-5-9-24-19(12)29(27-14)10-11-6-3-4-8-13(11)21/h3-9H,10H2,1-2H3,(H4,22,23,25,26)/i2D3,3D,4D,5D,6D,7D,8D,9D. The molecule has 0 aliphatic rings. The van der Waals surface area contributed by atoms with Crippen molar-refractivity contribution in [3.63, 3.8) is 0 Å². The second-order valence-electron chi connectivity index (χ2n) is 6.06. The van der Waals surface area contributed by atoms with Gasteiger partial charge in [0, 0.05) is 18.8 Å². The van der Waals surface area contributed by atoms with Crippen molar-refractivity contribution in [2.24, 2.45) is 0 Å². The number of nitrogens with zero attached hydrogens (tertiary/aromatic N) is 6. The Labute approximate surface area is 190 Å². The average Bonchev–Trinajstić information content (AvgIpc) is 3.23. The Bertz CT molecular complexity index is 1690. The number of pyridine rings is 1. The summed E-state index contributed by atoms with van der Waals surface area (Å²) in [5.74, 6) is -2.48. The molecule has 4 aromatic rings. The quantitative estimate of drug-likeness (QED) is 0.501. The third-order valence-electron chi connectivity index (χ3n) is 4.20. The van der Waals surface area contributed by atoms with Gasteiger partial charge in [-0.3, -0.25) is 4.90 Å². The van der Waals surface area contributed by atoms with Crippen LogP contribution in [-0.4, -0.2) is 44.9 Å². The lowest BCUT2D eigenvalue weighted by Gasteiger charge is -2.18. The molecule has 4 rings (SSSR count). The van der Waals surface area contributed by atoms with Crippen LogP contribution in [0.5, 0.6) is 0 Å². The molecule has 4 N–H and O–H groups in total. The van der Waals surface area contributed by atoms with Crippen LogP contribution in [0.15, 0.2) is 42.4 Å². The number of ether oxygens (including phenoxy) is 1. The zero-order valence-corrected chi connectivity index (χ0v) is 15.7. The van der Waals surface area contributed by atoms with Crippen molar-refractivity contribution in [1.29, 1.82) is 0 Å². The minimum Gasteiger partial charge on any atom is -0.452 e. The molecule has 0 spiro atoms. The molecule has 10 nitrogen and oxygen atoms in total. The van der Waals surface area contributed by atoms with E-state index < -0.39 is 85.1 Å². The van der Waals surface area contributed by atoms with Crippen LogP contribution >= 0.6 is 0 Å². The largest absolute Gasteiger partial charge is 0.452 e. The fraction of sp³-hybridized carbons (Fsp3) is 0.150. The molecule has 0 fully saturated rings. The van der Waals surface area contributed by atoms with Gasteiger partial charge in [0.15, 0.2) is 23.1 Å². The second-order valence-corrected chi connectivity index (χ2v) is 6.06. The van der Waals surface area contributed by atoms with Crippen molar-refractivity contribution in [2.75, 3.05) is 30.5 Å². The van der Waals surface area contributed by atoms with Gasteiger partial charge >= 0.3 is 6.09 Å². The molecule has 3 aromatic heterocycles. The number of carbonyl (C=O) groups is 1. The van der Waals surface area contributed by atoms with Crippen molar-refractivity contribution in [1.82, 2.24) is 24.7 Å². The van der Waals surface area contributed by atoms with E-state index in [1.165, 1.54) is 0 Å². The van der Waals surface area contributed by atoms with E-state index in [1.54, 1.807) is 0 Å². The topological polar surface area (TPSA) is 138 Å². The van der Waals surface area contributed by atoms with E-state index in [0.29, 0.717) is 4.90 Å². The van der Waals surface area contributed by atoms with Gasteiger partial charge in [0.25, 0.3) is 0 Å². The van der Waals surface area contributed by atoms with Gasteiger partial charge in [0.1, 0.15) is 17.2 Å². The number of halogens is 1. The van der Waals surface area contributed by atoms with Crippen LogP contribution in [0.3, 0.4) is 0 Å². The summed E-state index contributed by atoms with van der Waals surface area (Å²) in [6, 6.07) is -4.23. The number of hydrogen-bond acceptors (Lipinski definition) is 8. The number of nitrogens with two attached hydrogens (primary N) is 2. The van der Waals surface area contributed by atoms with Crippen molar-refractivity contribution in [3.05, 3.63) is 53.8 Å². The second kappa shape index (κ2) is 7.86. The molecule has 158 valence electrons. The van der Waals surface area contributed by atoms with E-state index >= 15 is 0 Å². The lowest BCUT2D eigenvalue weighted by Crippen LogP contribution is -2.28. The SMILES string of the molecule is [2H]c1nc2c(c(-c3nc(N)c(N(C)C(=O)OC([2H])([2H])[2H])c(N)n3)nn2Cc2c([2H])c([2H])c([2H])c([2H])c2F)c([2H])c1[2H]. The number of nitrogen functional groups attached to an aromatic ring is 2. The van der Waals surface area contributed by atoms with Crippen LogP contribution < -0.4 is 16.4 Å². The van der Waals surface area contributed by atoms with Gasteiger partial charge in [-0.05, 0) is 18.1 Å². The fourth-order valence-electron chi connectivity index (χ4n) is 2.80. The summed E-state index contributed by atoms with van der Waals surface area (Å²) in [6.45, 7) is -0.630. The molecule has 0 radical (unpaired) electrons. The monoisotopic (exact) mass is 432 g/mol. The Morgan fingerprint density at radius 1 is 1.26 bits per heavy atom. The summed E-state index contributed by atoms with van der Waals surface area (Å²) >= 11 is 0. The van der Waals surface area contributed by atoms with Gasteiger partial charge in [-0.15, -0.1) is 0 Å². The fourth-order valence-corrected chi connectivity index (χ4v) is 2.80. The summed E-state index contributed by atoms with van der Waals surface area (Å²) in [7, 11) is -1.96. The van der Waals surface area contributed by atoms with Gasteiger partial charge in [-0.1, -0.05) is 18.1 Å². The molecule has 31 heavy (non-hydrogen) atoms. The zero-order chi connectivity index (χ0) is 30.7. The first-order valence-corrected chi connectivity index (χ1v) is 8.43. The lowest BCUT2D eigenvalue weighted by atomic mass is 10.2. The van der Waals surface area contributed by atoms with Crippen LogP contribution in [0.2, 0.25) is 0 Å². The number of amides is 1. The summed E-state index contributed by atoms with van der Waals surface area (Å²) in [5, 5.41) is 4.05. The van der Waals surface area contributed by atoms with Crippen molar-refractivity contribution in [3.8, 4) is 11.5 Å². The Morgan fingerprint density at radius 2 is 2.00 bits per heavy atom. The number of carbonyl (C=O) groups excluding carboxylic acids is 1. The van der Waals surface area contributed by atoms with Crippen LogP contribution in [0.25, 0.3) is 22.6 Å². The first kappa shape index (κ1) is 11.2. The number of anilines is 3. The van der Waals surface area contributed by atoms with Crippen LogP contribution in [-0.2, 0) is 11.3 Å². The third kappa shape index (κ3) is 3.56. The molecule has 0 aliphatic carbocycles. The van der Waals surface area contributed by atoms with E-state index in [2.05, 4.69) is 24.8 Å². The summed E-state index contributed by atoms with van der Waals surface area (Å²) < 4.78 is 97.2. The molecule has 11 heteroatoms. The molecular formula is C20H19FN8O2. The zero-order valence-electron chi connectivity index (χ0n) is 25.7. The molecule has 0 aliphatic heterocycles. The maximum absolute atomic E-state index is 14.9. The lowest BCUT2D eigenvalue weighted by molar-refractivity contribution is 0.180. The van der Waals surface area contributed by atoms with E-state index in [0.717, 1.165) is 11.7 Å². The first-order chi connectivity index (χ1) is 18.9. The molecule has 1 aromatic carbocycles. The summed E-state index contributed by atoms with van der Waals surface area (Å²) in [5.41, 5.74) is 10.7. The van der Waals surface area contributed by atoms with Crippen molar-refractivity contribution >= 4 is 34.4 Å². The molecule has 0 saturated heterocycles. The highest BCUT2D eigenvalue weighted by Gasteiger charge is 2.23. The van der Waals surface area contributed by atoms with Crippen LogP contribution in [0.4, 0.5) is 26.5 Å². The Balaban J connectivity index is 1.91. The van der Waals surface area contributed by atoms with Gasteiger partial charge in [-0.2, -0.15) is 5.10 Å². The molecule has 3 heterocycles. The van der Waals surface area contributed by atoms with E-state index in [4.69, 9.17) is 25.2 Å². The molecule has 0 unspecified atom stereocenters. The van der Waals surface area contributed by atoms with Gasteiger partial charge in [-0.25, -0.2) is 28.8 Å². The highest BCUT2D eigenvalue weighted by Crippen LogP contribution is 2.32. The molecule has 0 bridgehead atoms. The maximum atomic E-state index is 14.9. The maximum Gasteiger partial charge on any atom is 0.413 e. The summed E-state index contributed by atoms with van der Waals surface area (Å²) in [4.78, 5) is 24.9. The van der Waals surface area contributed by atoms with Crippen LogP contribution in [0, 0.1) is 5.82 Å². The normalized spacial score (nSPS) is 15.9. The van der Waals surface area contributed by atoms with E-state index in [-0.39, 0.29) is 28.2 Å². The smallest absolute Gasteiger partial charge is 0.413 e. The van der Waals surface area contributed by atoms with Crippen LogP contribution in [0.1, 0.15) is 19.3 Å². The predicted molar refractivity (Wildman–Crippen MR) is 114 cm³/mol. The Kier molecular flexibility index (Phi) is 2.84. The predicted octanol–water partition coefficient (Wildman–Crippen LogP) is 2.44. The Morgan fingerprint density at radius 3 is 2.74 bits per heavy atom. The summed E-state index contributed by atoms with van der Waals surface area (Å²) in [6.07, 6.45) is -1.97. The number of fused-ring (bicyclic) bond motifs is 1. The first-order valence-electron chi connectivity index (χ1n) is 13.4. The van der Waals surface area contributed by atoms with E-state index in [9.17, 15) is 9.18 Å².